The minimum absolute atomic E-state index is 0.974. The number of nitrogens with zero attached hydrogens (tertiary/aromatic N) is 3. The maximum absolute atomic E-state index is 4.57. The van der Waals surface area contributed by atoms with Gasteiger partial charge in [0, 0.05) is 24.2 Å². The van der Waals surface area contributed by atoms with Crippen LogP contribution in [0.4, 0.5) is 0 Å². The van der Waals surface area contributed by atoms with E-state index < -0.39 is 0 Å². The van der Waals surface area contributed by atoms with Gasteiger partial charge in [-0.05, 0) is 43.2 Å². The predicted octanol–water partition coefficient (Wildman–Crippen LogP) is 3.55. The summed E-state index contributed by atoms with van der Waals surface area (Å²) in [6.07, 6.45) is 5.55. The first-order valence-corrected chi connectivity index (χ1v) is 6.29. The molecule has 3 nitrogen and oxygen atoms in total. The molecule has 0 aliphatic heterocycles. The Kier molecular flexibility index (Phi) is 2.88. The summed E-state index contributed by atoms with van der Waals surface area (Å²) in [5.74, 6) is 0. The highest BCUT2D eigenvalue weighted by atomic mass is 15.3. The van der Waals surface area contributed by atoms with Gasteiger partial charge in [0.15, 0.2) is 0 Å². The maximum atomic E-state index is 4.57. The van der Waals surface area contributed by atoms with Crippen LogP contribution in [-0.2, 0) is 0 Å². The summed E-state index contributed by atoms with van der Waals surface area (Å²) in [7, 11) is 0. The van der Waals surface area contributed by atoms with Crippen molar-refractivity contribution in [2.75, 3.05) is 0 Å². The minimum atomic E-state index is 0.974. The first-order valence-electron chi connectivity index (χ1n) is 6.29. The van der Waals surface area contributed by atoms with Crippen molar-refractivity contribution in [1.82, 2.24) is 14.8 Å². The Bertz CT molecular complexity index is 680. The molecule has 0 saturated carbocycles. The van der Waals surface area contributed by atoms with E-state index in [1.165, 1.54) is 16.7 Å². The Labute approximate surface area is 112 Å². The molecule has 0 aliphatic carbocycles. The maximum Gasteiger partial charge on any atom is 0.0964 e. The molecule has 0 amide bonds. The summed E-state index contributed by atoms with van der Waals surface area (Å²) < 4.78 is 1.86. The van der Waals surface area contributed by atoms with E-state index in [1.54, 1.807) is 6.20 Å². The molecule has 0 saturated heterocycles. The van der Waals surface area contributed by atoms with Crippen LogP contribution in [0.25, 0.3) is 16.9 Å². The highest BCUT2D eigenvalue weighted by Gasteiger charge is 2.12. The van der Waals surface area contributed by atoms with E-state index >= 15 is 0 Å². The zero-order valence-electron chi connectivity index (χ0n) is 11.0. The van der Waals surface area contributed by atoms with Gasteiger partial charge in [0.1, 0.15) is 0 Å². The average molecular weight is 249 g/mol. The lowest BCUT2D eigenvalue weighted by Crippen LogP contribution is -2.01. The summed E-state index contributed by atoms with van der Waals surface area (Å²) in [5.41, 5.74) is 5.62. The molecule has 19 heavy (non-hydrogen) atoms. The van der Waals surface area contributed by atoms with Crippen LogP contribution in [0.5, 0.6) is 0 Å². The van der Waals surface area contributed by atoms with Crippen molar-refractivity contribution < 1.29 is 0 Å². The van der Waals surface area contributed by atoms with E-state index in [-0.39, 0.29) is 0 Å². The monoisotopic (exact) mass is 249 g/mol. The standard InChI is InChI=1S/C16H15N3/c1-12-6-3-7-13(2)15(12)16-14(8-4-9-17-16)19-11-5-10-18-19/h3-11H,1-2H3. The zero-order valence-corrected chi connectivity index (χ0v) is 11.0. The van der Waals surface area contributed by atoms with Gasteiger partial charge < -0.3 is 0 Å². The lowest BCUT2D eigenvalue weighted by molar-refractivity contribution is 0.876. The molecule has 0 N–H and O–H groups in total. The van der Waals surface area contributed by atoms with E-state index in [0.717, 1.165) is 11.4 Å². The molecule has 1 aromatic carbocycles. The number of benzene rings is 1. The van der Waals surface area contributed by atoms with Crippen LogP contribution < -0.4 is 0 Å². The SMILES string of the molecule is Cc1cccc(C)c1-c1ncccc1-n1cccn1. The van der Waals surface area contributed by atoms with Gasteiger partial charge in [-0.2, -0.15) is 5.10 Å². The van der Waals surface area contributed by atoms with Crippen LogP contribution in [0.1, 0.15) is 11.1 Å². The second kappa shape index (κ2) is 4.69. The van der Waals surface area contributed by atoms with Gasteiger partial charge in [-0.1, -0.05) is 18.2 Å². The molecular formula is C16H15N3. The summed E-state index contributed by atoms with van der Waals surface area (Å²) >= 11 is 0. The Morgan fingerprint density at radius 1 is 0.895 bits per heavy atom. The largest absolute Gasteiger partial charge is 0.254 e. The normalized spacial score (nSPS) is 10.6. The second-order valence-corrected chi connectivity index (χ2v) is 4.59. The number of aryl methyl sites for hydroxylation is 2. The van der Waals surface area contributed by atoms with Crippen LogP contribution in [0.2, 0.25) is 0 Å². The van der Waals surface area contributed by atoms with Crippen molar-refractivity contribution >= 4 is 0 Å². The van der Waals surface area contributed by atoms with Crippen molar-refractivity contribution in [1.29, 1.82) is 0 Å². The summed E-state index contributed by atoms with van der Waals surface area (Å²) in [4.78, 5) is 4.57. The van der Waals surface area contributed by atoms with Crippen LogP contribution in [-0.4, -0.2) is 14.8 Å². The average Bonchev–Trinajstić information content (AvgIpc) is 2.93. The number of hydrogen-bond donors (Lipinski definition) is 0. The fraction of sp³-hybridized carbons (Fsp3) is 0.125. The van der Waals surface area contributed by atoms with Crippen molar-refractivity contribution in [3.8, 4) is 16.9 Å². The lowest BCUT2D eigenvalue weighted by atomic mass is 9.98. The fourth-order valence-electron chi connectivity index (χ4n) is 2.37. The second-order valence-electron chi connectivity index (χ2n) is 4.59. The van der Waals surface area contributed by atoms with Crippen LogP contribution in [0.3, 0.4) is 0 Å². The summed E-state index contributed by atoms with van der Waals surface area (Å²) in [6, 6.07) is 12.2. The topological polar surface area (TPSA) is 30.7 Å². The smallest absolute Gasteiger partial charge is 0.0964 e. The van der Waals surface area contributed by atoms with E-state index in [9.17, 15) is 0 Å². The van der Waals surface area contributed by atoms with Crippen LogP contribution >= 0.6 is 0 Å². The predicted molar refractivity (Wildman–Crippen MR) is 76.3 cm³/mol. The molecule has 2 aromatic heterocycles. The lowest BCUT2D eigenvalue weighted by Gasteiger charge is -2.13. The number of rotatable bonds is 2. The molecule has 3 aromatic rings. The van der Waals surface area contributed by atoms with Gasteiger partial charge >= 0.3 is 0 Å². The van der Waals surface area contributed by atoms with E-state index in [0.29, 0.717) is 0 Å². The fourth-order valence-corrected chi connectivity index (χ4v) is 2.37. The molecule has 3 rings (SSSR count). The van der Waals surface area contributed by atoms with E-state index in [1.807, 2.05) is 35.3 Å². The number of hydrogen-bond acceptors (Lipinski definition) is 2. The van der Waals surface area contributed by atoms with E-state index in [2.05, 4.69) is 42.1 Å². The molecule has 0 spiro atoms. The van der Waals surface area contributed by atoms with Gasteiger partial charge in [-0.3, -0.25) is 4.98 Å². The van der Waals surface area contributed by atoms with Gasteiger partial charge in [0.2, 0.25) is 0 Å². The minimum Gasteiger partial charge on any atom is -0.254 e. The third-order valence-corrected chi connectivity index (χ3v) is 3.26. The molecule has 0 atom stereocenters. The first kappa shape index (κ1) is 11.7. The Balaban J connectivity index is 2.27. The van der Waals surface area contributed by atoms with Crippen molar-refractivity contribution in [3.63, 3.8) is 0 Å². The third kappa shape index (κ3) is 2.03. The molecule has 94 valence electrons. The third-order valence-electron chi connectivity index (χ3n) is 3.26. The van der Waals surface area contributed by atoms with Crippen molar-refractivity contribution in [2.45, 2.75) is 13.8 Å². The molecule has 0 aliphatic rings. The van der Waals surface area contributed by atoms with Gasteiger partial charge in [0.25, 0.3) is 0 Å². The molecule has 2 heterocycles. The van der Waals surface area contributed by atoms with Gasteiger partial charge in [0.05, 0.1) is 11.4 Å². The molecule has 0 fully saturated rings. The van der Waals surface area contributed by atoms with Crippen LogP contribution in [0.15, 0.2) is 55.0 Å². The number of aromatic nitrogens is 3. The molecule has 0 unspecified atom stereocenters. The van der Waals surface area contributed by atoms with Gasteiger partial charge in [-0.25, -0.2) is 4.68 Å². The molecular weight excluding hydrogens is 234 g/mol. The van der Waals surface area contributed by atoms with Crippen LogP contribution in [0, 0.1) is 13.8 Å². The molecule has 0 bridgehead atoms. The zero-order chi connectivity index (χ0) is 13.2. The van der Waals surface area contributed by atoms with E-state index in [4.69, 9.17) is 0 Å². The highest BCUT2D eigenvalue weighted by molar-refractivity contribution is 5.74. The molecule has 0 radical (unpaired) electrons. The number of pyridine rings is 1. The Hall–Kier alpha value is -2.42. The Morgan fingerprint density at radius 2 is 1.68 bits per heavy atom. The quantitative estimate of drug-likeness (QED) is 0.695. The molecule has 3 heteroatoms. The Morgan fingerprint density at radius 3 is 2.37 bits per heavy atom. The highest BCUT2D eigenvalue weighted by Crippen LogP contribution is 2.29. The first-order chi connectivity index (χ1) is 9.27. The van der Waals surface area contributed by atoms with Crippen molar-refractivity contribution in [3.05, 3.63) is 66.1 Å². The van der Waals surface area contributed by atoms with Crippen molar-refractivity contribution in [2.24, 2.45) is 0 Å². The summed E-state index contributed by atoms with van der Waals surface area (Å²) in [5, 5.41) is 4.31. The summed E-state index contributed by atoms with van der Waals surface area (Å²) in [6.45, 7) is 4.23. The van der Waals surface area contributed by atoms with Gasteiger partial charge in [-0.15, -0.1) is 0 Å².